The lowest BCUT2D eigenvalue weighted by atomic mass is 10.2. The van der Waals surface area contributed by atoms with E-state index in [1.54, 1.807) is 0 Å². The minimum atomic E-state index is -3.39. The zero-order valence-corrected chi connectivity index (χ0v) is 14.4. The van der Waals surface area contributed by atoms with Crippen LogP contribution in [0.1, 0.15) is 16.8 Å². The third-order valence-electron chi connectivity index (χ3n) is 3.76. The number of carbonyl (C=O) groups excluding carboxylic acids is 1. The van der Waals surface area contributed by atoms with E-state index in [4.69, 9.17) is 11.6 Å². The molecule has 0 atom stereocenters. The number of benzene rings is 2. The second-order valence-electron chi connectivity index (χ2n) is 5.48. The summed E-state index contributed by atoms with van der Waals surface area (Å²) in [5.41, 5.74) is -0.0258. The van der Waals surface area contributed by atoms with Gasteiger partial charge in [-0.3, -0.25) is 9.10 Å². The van der Waals surface area contributed by atoms with Crippen molar-refractivity contribution in [2.75, 3.05) is 21.9 Å². The van der Waals surface area contributed by atoms with Crippen LogP contribution < -0.4 is 9.62 Å². The molecule has 1 aliphatic rings. The largest absolute Gasteiger partial charge is 0.320 e. The van der Waals surface area contributed by atoms with E-state index in [-0.39, 0.29) is 16.5 Å². The molecule has 1 heterocycles. The monoisotopic (exact) mass is 386 g/mol. The molecule has 1 saturated heterocycles. The van der Waals surface area contributed by atoms with Gasteiger partial charge in [-0.2, -0.15) is 0 Å². The fraction of sp³-hybridized carbons (Fsp3) is 0.188. The van der Waals surface area contributed by atoms with Gasteiger partial charge in [0.2, 0.25) is 10.0 Å². The molecule has 0 saturated carbocycles. The van der Waals surface area contributed by atoms with Crippen molar-refractivity contribution in [1.82, 2.24) is 0 Å². The first-order valence-corrected chi connectivity index (χ1v) is 9.33. The Labute approximate surface area is 148 Å². The lowest BCUT2D eigenvalue weighted by Crippen LogP contribution is -2.25. The standard InChI is InChI=1S/C16H13ClF2N2O3S/c17-13-4-3-11(21-6-1-7-25(21,23)24)9-15(13)20-16(22)12-8-10(18)2-5-14(12)19/h2-5,8-9H,1,6-7H2,(H,20,22). The Kier molecular flexibility index (Phi) is 4.66. The Hall–Kier alpha value is -2.19. The molecule has 0 radical (unpaired) electrons. The molecule has 1 fully saturated rings. The molecule has 0 spiro atoms. The van der Waals surface area contributed by atoms with E-state index in [9.17, 15) is 22.0 Å². The van der Waals surface area contributed by atoms with Crippen molar-refractivity contribution in [3.63, 3.8) is 0 Å². The number of rotatable bonds is 3. The van der Waals surface area contributed by atoms with E-state index in [2.05, 4.69) is 5.32 Å². The van der Waals surface area contributed by atoms with E-state index in [1.165, 1.54) is 22.5 Å². The minimum Gasteiger partial charge on any atom is -0.320 e. The number of nitrogens with zero attached hydrogens (tertiary/aromatic N) is 1. The maximum absolute atomic E-state index is 13.7. The molecule has 0 bridgehead atoms. The summed E-state index contributed by atoms with van der Waals surface area (Å²) in [7, 11) is -3.39. The van der Waals surface area contributed by atoms with Crippen molar-refractivity contribution in [3.8, 4) is 0 Å². The van der Waals surface area contributed by atoms with Crippen molar-refractivity contribution in [2.45, 2.75) is 6.42 Å². The number of amides is 1. The maximum atomic E-state index is 13.7. The molecule has 0 unspecified atom stereocenters. The first-order chi connectivity index (χ1) is 11.8. The van der Waals surface area contributed by atoms with Gasteiger partial charge in [-0.05, 0) is 42.8 Å². The number of carbonyl (C=O) groups is 1. The lowest BCUT2D eigenvalue weighted by molar-refractivity contribution is 0.102. The Balaban J connectivity index is 1.91. The minimum absolute atomic E-state index is 0.0474. The summed E-state index contributed by atoms with van der Waals surface area (Å²) in [6, 6.07) is 6.86. The fourth-order valence-corrected chi connectivity index (χ4v) is 4.28. The van der Waals surface area contributed by atoms with Crippen molar-refractivity contribution in [2.24, 2.45) is 0 Å². The Morgan fingerprint density at radius 1 is 1.16 bits per heavy atom. The average molecular weight is 387 g/mol. The van der Waals surface area contributed by atoms with E-state index < -0.39 is 33.1 Å². The molecule has 9 heteroatoms. The third-order valence-corrected chi connectivity index (χ3v) is 5.96. The van der Waals surface area contributed by atoms with Crippen molar-refractivity contribution in [3.05, 3.63) is 58.6 Å². The van der Waals surface area contributed by atoms with Gasteiger partial charge in [0, 0.05) is 6.54 Å². The van der Waals surface area contributed by atoms with Crippen molar-refractivity contribution in [1.29, 1.82) is 0 Å². The van der Waals surface area contributed by atoms with Crippen LogP contribution in [0.2, 0.25) is 5.02 Å². The van der Waals surface area contributed by atoms with Crippen molar-refractivity contribution >= 4 is 38.9 Å². The molecule has 2 aromatic carbocycles. The maximum Gasteiger partial charge on any atom is 0.258 e. The molecule has 5 nitrogen and oxygen atoms in total. The first kappa shape index (κ1) is 17.6. The Morgan fingerprint density at radius 3 is 2.60 bits per heavy atom. The summed E-state index contributed by atoms with van der Waals surface area (Å²) in [6.07, 6.45) is 0.501. The van der Waals surface area contributed by atoms with Gasteiger partial charge in [0.25, 0.3) is 5.91 Å². The van der Waals surface area contributed by atoms with Crippen LogP contribution in [0.25, 0.3) is 0 Å². The molecule has 1 amide bonds. The Bertz CT molecular complexity index is 950. The molecule has 1 aliphatic heterocycles. The number of anilines is 2. The predicted molar refractivity (Wildman–Crippen MR) is 91.5 cm³/mol. The van der Waals surface area contributed by atoms with E-state index in [1.807, 2.05) is 0 Å². The topological polar surface area (TPSA) is 66.5 Å². The third kappa shape index (κ3) is 3.59. The summed E-state index contributed by atoms with van der Waals surface area (Å²) >= 11 is 6.03. The summed E-state index contributed by atoms with van der Waals surface area (Å²) in [4.78, 5) is 12.2. The highest BCUT2D eigenvalue weighted by atomic mass is 35.5. The van der Waals surface area contributed by atoms with Gasteiger partial charge < -0.3 is 5.32 Å². The molecule has 2 aromatic rings. The number of nitrogens with one attached hydrogen (secondary N) is 1. The highest BCUT2D eigenvalue weighted by Gasteiger charge is 2.29. The first-order valence-electron chi connectivity index (χ1n) is 7.34. The molecule has 0 aromatic heterocycles. The molecule has 25 heavy (non-hydrogen) atoms. The van der Waals surface area contributed by atoms with Crippen LogP contribution in [0.3, 0.4) is 0 Å². The van der Waals surface area contributed by atoms with Crippen LogP contribution >= 0.6 is 11.6 Å². The molecule has 132 valence electrons. The average Bonchev–Trinajstić information content (AvgIpc) is 2.91. The predicted octanol–water partition coefficient (Wildman–Crippen LogP) is 3.41. The van der Waals surface area contributed by atoms with Gasteiger partial charge in [-0.25, -0.2) is 17.2 Å². The highest BCUT2D eigenvalue weighted by molar-refractivity contribution is 7.93. The van der Waals surface area contributed by atoms with Crippen LogP contribution in [0.4, 0.5) is 20.2 Å². The number of sulfonamides is 1. The van der Waals surface area contributed by atoms with E-state index in [0.717, 1.165) is 18.2 Å². The molecule has 1 N–H and O–H groups in total. The number of halogens is 3. The molecule has 0 aliphatic carbocycles. The van der Waals surface area contributed by atoms with Crippen LogP contribution in [0.5, 0.6) is 0 Å². The van der Waals surface area contributed by atoms with Gasteiger partial charge in [0.05, 0.1) is 27.7 Å². The van der Waals surface area contributed by atoms with E-state index >= 15 is 0 Å². The fourth-order valence-electron chi connectivity index (χ4n) is 2.55. The SMILES string of the molecule is O=C(Nc1cc(N2CCCS2(=O)=O)ccc1Cl)c1cc(F)ccc1F. The van der Waals surface area contributed by atoms with Gasteiger partial charge in [-0.15, -0.1) is 0 Å². The Morgan fingerprint density at radius 2 is 1.92 bits per heavy atom. The van der Waals surface area contributed by atoms with Gasteiger partial charge in [0.1, 0.15) is 11.6 Å². The van der Waals surface area contributed by atoms with Crippen LogP contribution in [0.15, 0.2) is 36.4 Å². The zero-order valence-electron chi connectivity index (χ0n) is 12.8. The summed E-state index contributed by atoms with van der Waals surface area (Å²) in [6.45, 7) is 0.329. The lowest BCUT2D eigenvalue weighted by Gasteiger charge is -2.18. The molecular weight excluding hydrogens is 374 g/mol. The zero-order chi connectivity index (χ0) is 18.2. The highest BCUT2D eigenvalue weighted by Crippen LogP contribution is 2.31. The van der Waals surface area contributed by atoms with Crippen LogP contribution in [-0.2, 0) is 10.0 Å². The second-order valence-corrected chi connectivity index (χ2v) is 7.90. The van der Waals surface area contributed by atoms with E-state index in [0.29, 0.717) is 18.7 Å². The number of hydrogen-bond donors (Lipinski definition) is 1. The van der Waals surface area contributed by atoms with Gasteiger partial charge in [-0.1, -0.05) is 11.6 Å². The van der Waals surface area contributed by atoms with Gasteiger partial charge in [0.15, 0.2) is 0 Å². The smallest absolute Gasteiger partial charge is 0.258 e. The van der Waals surface area contributed by atoms with Crippen LogP contribution in [-0.4, -0.2) is 26.6 Å². The quantitative estimate of drug-likeness (QED) is 0.879. The van der Waals surface area contributed by atoms with Crippen LogP contribution in [0, 0.1) is 11.6 Å². The van der Waals surface area contributed by atoms with Gasteiger partial charge >= 0.3 is 0 Å². The summed E-state index contributed by atoms with van der Waals surface area (Å²) < 4.78 is 52.2. The summed E-state index contributed by atoms with van der Waals surface area (Å²) in [5.74, 6) is -2.48. The number of hydrogen-bond acceptors (Lipinski definition) is 3. The summed E-state index contributed by atoms with van der Waals surface area (Å²) in [5, 5.41) is 2.53. The normalized spacial score (nSPS) is 16.0. The van der Waals surface area contributed by atoms with Crippen molar-refractivity contribution < 1.29 is 22.0 Å². The second kappa shape index (κ2) is 6.61. The molecular formula is C16H13ClF2N2O3S. The molecule has 3 rings (SSSR count).